The number of anilines is 1. The first-order valence-electron chi connectivity index (χ1n) is 9.09. The number of rotatable bonds is 5. The summed E-state index contributed by atoms with van der Waals surface area (Å²) in [6.07, 6.45) is 2.81. The van der Waals surface area contributed by atoms with Crippen molar-refractivity contribution in [1.29, 1.82) is 0 Å². The van der Waals surface area contributed by atoms with Gasteiger partial charge in [-0.2, -0.15) is 5.10 Å². The highest BCUT2D eigenvalue weighted by atomic mass is 35.5. The minimum absolute atomic E-state index is 0.0671. The van der Waals surface area contributed by atoms with E-state index in [4.69, 9.17) is 11.6 Å². The first kappa shape index (κ1) is 20.7. The van der Waals surface area contributed by atoms with Crippen molar-refractivity contribution >= 4 is 28.7 Å². The van der Waals surface area contributed by atoms with E-state index in [0.29, 0.717) is 11.3 Å². The number of carbonyl (C=O) groups excluding carboxylic acids is 1. The average molecular weight is 445 g/mol. The van der Waals surface area contributed by atoms with Gasteiger partial charge in [0, 0.05) is 28.5 Å². The van der Waals surface area contributed by atoms with Gasteiger partial charge in [-0.1, -0.05) is 11.6 Å². The zero-order valence-electron chi connectivity index (χ0n) is 15.8. The van der Waals surface area contributed by atoms with Crippen LogP contribution in [0.2, 0.25) is 5.02 Å². The van der Waals surface area contributed by atoms with Crippen LogP contribution in [-0.2, 0) is 17.9 Å². The summed E-state index contributed by atoms with van der Waals surface area (Å²) in [5, 5.41) is 16.7. The Morgan fingerprint density at radius 3 is 2.55 bits per heavy atom. The molecule has 2 heterocycles. The molecule has 2 aromatic carbocycles. The minimum Gasteiger partial charge on any atom is -0.392 e. The van der Waals surface area contributed by atoms with E-state index in [-0.39, 0.29) is 28.3 Å². The van der Waals surface area contributed by atoms with Crippen molar-refractivity contribution in [3.8, 4) is 11.3 Å². The molecule has 7 nitrogen and oxygen atoms in total. The van der Waals surface area contributed by atoms with Crippen LogP contribution < -0.4 is 10.9 Å². The Morgan fingerprint density at radius 2 is 1.87 bits per heavy atom. The van der Waals surface area contributed by atoms with Crippen LogP contribution in [0.5, 0.6) is 0 Å². The van der Waals surface area contributed by atoms with E-state index in [9.17, 15) is 23.5 Å². The zero-order chi connectivity index (χ0) is 22.1. The van der Waals surface area contributed by atoms with Crippen LogP contribution in [0.1, 0.15) is 5.56 Å². The standard InChI is InChI=1S/C21H15ClF2N4O3/c22-13-3-6-17(16(24)9-13)25-18(30)10-27-7-8-28-20(21(27)31)15(11-29)19(26-28)12-1-4-14(23)5-2-12/h1-9,29H,10-11H2,(H,25,30). The fourth-order valence-electron chi connectivity index (χ4n) is 3.20. The van der Waals surface area contributed by atoms with Gasteiger partial charge in [-0.15, -0.1) is 0 Å². The maximum absolute atomic E-state index is 13.9. The maximum atomic E-state index is 13.9. The van der Waals surface area contributed by atoms with Crippen molar-refractivity contribution in [3.05, 3.63) is 87.4 Å². The van der Waals surface area contributed by atoms with E-state index in [1.165, 1.54) is 53.3 Å². The summed E-state index contributed by atoms with van der Waals surface area (Å²) in [5.74, 6) is -1.76. The molecule has 31 heavy (non-hydrogen) atoms. The highest BCUT2D eigenvalue weighted by Crippen LogP contribution is 2.25. The molecule has 10 heteroatoms. The molecule has 0 spiro atoms. The van der Waals surface area contributed by atoms with Gasteiger partial charge in [0.05, 0.1) is 18.0 Å². The third-order valence-corrected chi connectivity index (χ3v) is 4.89. The molecule has 0 fully saturated rings. The van der Waals surface area contributed by atoms with Crippen LogP contribution in [0.15, 0.2) is 59.7 Å². The zero-order valence-corrected chi connectivity index (χ0v) is 16.6. The molecule has 0 saturated heterocycles. The van der Waals surface area contributed by atoms with Gasteiger partial charge < -0.3 is 15.0 Å². The lowest BCUT2D eigenvalue weighted by Gasteiger charge is -2.09. The lowest BCUT2D eigenvalue weighted by Crippen LogP contribution is -2.28. The topological polar surface area (TPSA) is 88.6 Å². The van der Waals surface area contributed by atoms with Crippen molar-refractivity contribution in [1.82, 2.24) is 14.2 Å². The molecule has 0 atom stereocenters. The van der Waals surface area contributed by atoms with Crippen LogP contribution in [0, 0.1) is 11.6 Å². The van der Waals surface area contributed by atoms with Crippen LogP contribution >= 0.6 is 11.6 Å². The predicted octanol–water partition coefficient (Wildman–Crippen LogP) is 3.23. The van der Waals surface area contributed by atoms with Gasteiger partial charge in [0.15, 0.2) is 0 Å². The minimum atomic E-state index is -0.703. The largest absolute Gasteiger partial charge is 0.392 e. The second-order valence-electron chi connectivity index (χ2n) is 6.69. The van der Waals surface area contributed by atoms with Crippen LogP contribution in [0.25, 0.3) is 16.8 Å². The molecule has 4 aromatic rings. The highest BCUT2D eigenvalue weighted by molar-refractivity contribution is 6.30. The third-order valence-electron chi connectivity index (χ3n) is 4.65. The van der Waals surface area contributed by atoms with Gasteiger partial charge in [0.2, 0.25) is 5.91 Å². The number of aromatic nitrogens is 3. The SMILES string of the molecule is O=C(Cn1ccn2nc(-c3ccc(F)cc3)c(CO)c2c1=O)Nc1ccc(Cl)cc1F. The molecule has 158 valence electrons. The number of amides is 1. The molecule has 1 amide bonds. The fraction of sp³-hybridized carbons (Fsp3) is 0.0952. The van der Waals surface area contributed by atoms with E-state index >= 15 is 0 Å². The summed E-state index contributed by atoms with van der Waals surface area (Å²) in [7, 11) is 0. The number of benzene rings is 2. The number of aliphatic hydroxyl groups is 1. The van der Waals surface area contributed by atoms with Crippen LogP contribution in [0.4, 0.5) is 14.5 Å². The van der Waals surface area contributed by atoms with Crippen molar-refractivity contribution in [3.63, 3.8) is 0 Å². The molecule has 0 aliphatic carbocycles. The summed E-state index contributed by atoms with van der Waals surface area (Å²) < 4.78 is 29.5. The first-order chi connectivity index (χ1) is 14.9. The molecule has 2 N–H and O–H groups in total. The Bertz CT molecular complexity index is 1350. The molecule has 0 radical (unpaired) electrons. The summed E-state index contributed by atoms with van der Waals surface area (Å²) in [4.78, 5) is 25.3. The number of aliphatic hydroxyl groups excluding tert-OH is 1. The molecule has 2 aromatic heterocycles. The van der Waals surface area contributed by atoms with Gasteiger partial charge in [0.1, 0.15) is 23.7 Å². The number of hydrogen-bond donors (Lipinski definition) is 2. The molecule has 0 aliphatic heterocycles. The number of nitrogens with zero attached hydrogens (tertiary/aromatic N) is 3. The number of fused-ring (bicyclic) bond motifs is 1. The number of carbonyl (C=O) groups is 1. The average Bonchev–Trinajstić information content (AvgIpc) is 3.12. The van der Waals surface area contributed by atoms with E-state index in [2.05, 4.69) is 10.4 Å². The van der Waals surface area contributed by atoms with Crippen LogP contribution in [0.3, 0.4) is 0 Å². The Balaban J connectivity index is 1.68. The van der Waals surface area contributed by atoms with Crippen LogP contribution in [-0.4, -0.2) is 25.2 Å². The Labute approximate surface area is 179 Å². The molecular weight excluding hydrogens is 430 g/mol. The lowest BCUT2D eigenvalue weighted by molar-refractivity contribution is -0.116. The third kappa shape index (κ3) is 4.05. The van der Waals surface area contributed by atoms with Gasteiger partial charge in [-0.3, -0.25) is 9.59 Å². The number of nitrogens with one attached hydrogen (secondary N) is 1. The summed E-state index contributed by atoms with van der Waals surface area (Å²) in [6.45, 7) is -0.878. The maximum Gasteiger partial charge on any atom is 0.277 e. The first-order valence-corrected chi connectivity index (χ1v) is 9.47. The summed E-state index contributed by atoms with van der Waals surface area (Å²) in [5.41, 5.74) is 0.535. The molecule has 0 saturated carbocycles. The Kier molecular flexibility index (Phi) is 5.53. The normalized spacial score (nSPS) is 11.1. The van der Waals surface area contributed by atoms with Gasteiger partial charge >= 0.3 is 0 Å². The van der Waals surface area contributed by atoms with E-state index in [0.717, 1.165) is 10.6 Å². The second-order valence-corrected chi connectivity index (χ2v) is 7.13. The van der Waals surface area contributed by atoms with Gasteiger partial charge in [-0.25, -0.2) is 13.3 Å². The Morgan fingerprint density at radius 1 is 1.13 bits per heavy atom. The second kappa shape index (κ2) is 8.29. The summed E-state index contributed by atoms with van der Waals surface area (Å²) in [6, 6.07) is 9.28. The van der Waals surface area contributed by atoms with E-state index < -0.39 is 29.7 Å². The molecular formula is C21H15ClF2N4O3. The quantitative estimate of drug-likeness (QED) is 0.494. The van der Waals surface area contributed by atoms with Crippen molar-refractivity contribution in [2.24, 2.45) is 0 Å². The molecule has 4 rings (SSSR count). The Hall–Kier alpha value is -3.56. The fourth-order valence-corrected chi connectivity index (χ4v) is 3.36. The molecule has 0 bridgehead atoms. The van der Waals surface area contributed by atoms with Gasteiger partial charge in [-0.05, 0) is 42.5 Å². The number of hydrogen-bond acceptors (Lipinski definition) is 4. The number of halogens is 3. The van der Waals surface area contributed by atoms with Gasteiger partial charge in [0.25, 0.3) is 5.56 Å². The van der Waals surface area contributed by atoms with E-state index in [1.807, 2.05) is 0 Å². The molecule has 0 aliphatic rings. The summed E-state index contributed by atoms with van der Waals surface area (Å²) >= 11 is 5.70. The van der Waals surface area contributed by atoms with Crippen molar-refractivity contribution < 1.29 is 18.7 Å². The molecule has 0 unspecified atom stereocenters. The highest BCUT2D eigenvalue weighted by Gasteiger charge is 2.19. The predicted molar refractivity (Wildman–Crippen MR) is 111 cm³/mol. The monoisotopic (exact) mass is 444 g/mol. The van der Waals surface area contributed by atoms with Crippen molar-refractivity contribution in [2.75, 3.05) is 5.32 Å². The smallest absolute Gasteiger partial charge is 0.277 e. The van der Waals surface area contributed by atoms with Crippen molar-refractivity contribution in [2.45, 2.75) is 13.2 Å². The lowest BCUT2D eigenvalue weighted by atomic mass is 10.1. The van der Waals surface area contributed by atoms with E-state index in [1.54, 1.807) is 0 Å².